The van der Waals surface area contributed by atoms with Gasteiger partial charge in [0.2, 0.25) is 0 Å². The summed E-state index contributed by atoms with van der Waals surface area (Å²) >= 11 is 0. The second kappa shape index (κ2) is 37.6. The van der Waals surface area contributed by atoms with E-state index in [2.05, 4.69) is 43.0 Å². The topological polar surface area (TPSA) is 6.48 Å². The third-order valence-corrected chi connectivity index (χ3v) is 11.3. The summed E-state index contributed by atoms with van der Waals surface area (Å²) in [4.78, 5) is 5.46. The van der Waals surface area contributed by atoms with E-state index in [9.17, 15) is 0 Å². The van der Waals surface area contributed by atoms with Gasteiger partial charge in [-0.15, -0.1) is 0 Å². The highest BCUT2D eigenvalue weighted by molar-refractivity contribution is 4.97. The van der Waals surface area contributed by atoms with Crippen LogP contribution in [0, 0.1) is 0 Å². The van der Waals surface area contributed by atoms with Gasteiger partial charge in [0.05, 0.1) is 0 Å². The summed E-state index contributed by atoms with van der Waals surface area (Å²) in [5, 5.41) is 0. The Kier molecular flexibility index (Phi) is 35.5. The predicted molar refractivity (Wildman–Crippen MR) is 219 cm³/mol. The van der Waals surface area contributed by atoms with Gasteiger partial charge in [0, 0.05) is 25.5 Å². The Hall–Kier alpha value is -0.660. The van der Waals surface area contributed by atoms with Crippen molar-refractivity contribution >= 4 is 0 Å². The third-order valence-electron chi connectivity index (χ3n) is 11.3. The molecule has 1 heterocycles. The summed E-state index contributed by atoms with van der Waals surface area (Å²) in [6.45, 7) is 9.49. The number of hydrogen-bond donors (Lipinski definition) is 0. The smallest absolute Gasteiger partial charge is 0.101 e. The number of nitrogens with zero attached hydrogens (tertiary/aromatic N) is 2. The van der Waals surface area contributed by atoms with Crippen LogP contribution in [0.2, 0.25) is 0 Å². The summed E-state index contributed by atoms with van der Waals surface area (Å²) in [5.74, 6) is 0. The molecule has 0 aromatic rings. The highest BCUT2D eigenvalue weighted by Crippen LogP contribution is 2.24. The third kappa shape index (κ3) is 29.1. The van der Waals surface area contributed by atoms with Crippen molar-refractivity contribution in [1.29, 1.82) is 0 Å². The van der Waals surface area contributed by atoms with Crippen molar-refractivity contribution in [1.82, 2.24) is 9.80 Å². The molecule has 0 amide bonds. The first-order chi connectivity index (χ1) is 23.8. The molecule has 0 radical (unpaired) electrons. The van der Waals surface area contributed by atoms with Crippen LogP contribution in [0.5, 0.6) is 0 Å². The fourth-order valence-electron chi connectivity index (χ4n) is 7.95. The van der Waals surface area contributed by atoms with Crippen molar-refractivity contribution < 1.29 is 0 Å². The van der Waals surface area contributed by atoms with Gasteiger partial charge in [0.1, 0.15) is 6.17 Å². The monoisotopic (exact) mass is 673 g/mol. The fourth-order valence-corrected chi connectivity index (χ4v) is 7.95. The molecular formula is C46H92N2. The van der Waals surface area contributed by atoms with Crippen molar-refractivity contribution in [3.05, 3.63) is 12.4 Å². The zero-order valence-corrected chi connectivity index (χ0v) is 33.9. The van der Waals surface area contributed by atoms with Crippen molar-refractivity contribution in [3.63, 3.8) is 0 Å². The highest BCUT2D eigenvalue weighted by Gasteiger charge is 2.24. The minimum Gasteiger partial charge on any atom is -0.356 e. The van der Waals surface area contributed by atoms with E-state index in [0.29, 0.717) is 6.17 Å². The van der Waals surface area contributed by atoms with Crippen LogP contribution in [-0.4, -0.2) is 29.1 Å². The molecule has 0 aromatic carbocycles. The van der Waals surface area contributed by atoms with E-state index >= 15 is 0 Å². The molecule has 0 spiro atoms. The molecule has 1 unspecified atom stereocenters. The van der Waals surface area contributed by atoms with Crippen LogP contribution < -0.4 is 0 Å². The molecule has 0 fully saturated rings. The Morgan fingerprint density at radius 2 is 0.479 bits per heavy atom. The Balaban J connectivity index is 2.17. The van der Waals surface area contributed by atoms with Gasteiger partial charge in [-0.2, -0.15) is 0 Å². The second-order valence-electron chi connectivity index (χ2n) is 16.1. The number of rotatable bonds is 40. The van der Waals surface area contributed by atoms with Gasteiger partial charge in [0.15, 0.2) is 0 Å². The maximum atomic E-state index is 2.73. The average molecular weight is 673 g/mol. The van der Waals surface area contributed by atoms with Gasteiger partial charge < -0.3 is 9.80 Å². The lowest BCUT2D eigenvalue weighted by Crippen LogP contribution is -2.39. The maximum absolute atomic E-state index is 2.73. The van der Waals surface area contributed by atoms with Gasteiger partial charge in [0.25, 0.3) is 0 Å². The quantitative estimate of drug-likeness (QED) is 0.0598. The fraction of sp³-hybridized carbons (Fsp3) is 0.957. The number of unbranched alkanes of at least 4 members (excludes halogenated alkanes) is 34. The normalized spacial score (nSPS) is 14.6. The summed E-state index contributed by atoms with van der Waals surface area (Å²) in [6, 6.07) is 0. The second-order valence-corrected chi connectivity index (χ2v) is 16.1. The SMILES string of the molecule is CCCCCCCCCCCCCCCCCCCC1N(CCCCCCCCCCC)C=CN1CCCCCCCCCCCCC. The molecular weight excluding hydrogens is 581 g/mol. The van der Waals surface area contributed by atoms with E-state index in [0.717, 1.165) is 0 Å². The Morgan fingerprint density at radius 3 is 0.729 bits per heavy atom. The Morgan fingerprint density at radius 1 is 0.271 bits per heavy atom. The Bertz CT molecular complexity index is 630. The molecule has 0 saturated heterocycles. The van der Waals surface area contributed by atoms with Gasteiger partial charge >= 0.3 is 0 Å². The first-order valence-corrected chi connectivity index (χ1v) is 23.0. The molecule has 1 atom stereocenters. The summed E-state index contributed by atoms with van der Waals surface area (Å²) < 4.78 is 0. The number of hydrogen-bond acceptors (Lipinski definition) is 2. The van der Waals surface area contributed by atoms with Crippen molar-refractivity contribution in [2.24, 2.45) is 0 Å². The lowest BCUT2D eigenvalue weighted by Gasteiger charge is -2.33. The zero-order chi connectivity index (χ0) is 34.4. The predicted octanol–water partition coefficient (Wildman–Crippen LogP) is 16.3. The van der Waals surface area contributed by atoms with Gasteiger partial charge in [-0.1, -0.05) is 239 Å². The average Bonchev–Trinajstić information content (AvgIpc) is 3.48. The molecule has 0 aliphatic carbocycles. The van der Waals surface area contributed by atoms with Gasteiger partial charge in [-0.3, -0.25) is 0 Å². The lowest BCUT2D eigenvalue weighted by atomic mass is 10.0. The van der Waals surface area contributed by atoms with Crippen LogP contribution in [0.25, 0.3) is 0 Å². The molecule has 0 bridgehead atoms. The van der Waals surface area contributed by atoms with Gasteiger partial charge in [-0.05, 0) is 25.7 Å². The zero-order valence-electron chi connectivity index (χ0n) is 33.9. The summed E-state index contributed by atoms with van der Waals surface area (Å²) in [5.41, 5.74) is 0. The van der Waals surface area contributed by atoms with Crippen LogP contribution in [0.4, 0.5) is 0 Å². The molecule has 2 nitrogen and oxygen atoms in total. The molecule has 286 valence electrons. The van der Waals surface area contributed by atoms with Gasteiger partial charge in [-0.25, -0.2) is 0 Å². The molecule has 1 aliphatic rings. The highest BCUT2D eigenvalue weighted by atomic mass is 15.4. The molecule has 1 rings (SSSR count). The summed E-state index contributed by atoms with van der Waals surface area (Å²) in [7, 11) is 0. The largest absolute Gasteiger partial charge is 0.356 e. The standard InChI is InChI=1S/C46H92N2/c1-4-7-10-13-16-19-21-22-23-24-25-26-27-29-32-35-38-41-46-47(42-39-36-33-30-18-15-12-9-6-3)44-45-48(46)43-40-37-34-31-28-20-17-14-11-8-5-2/h44-46H,4-43H2,1-3H3. The summed E-state index contributed by atoms with van der Waals surface area (Å²) in [6.07, 6.45) is 60.4. The van der Waals surface area contributed by atoms with E-state index in [4.69, 9.17) is 0 Å². The van der Waals surface area contributed by atoms with Crippen molar-refractivity contribution in [2.45, 2.75) is 271 Å². The van der Waals surface area contributed by atoms with Crippen LogP contribution in [0.15, 0.2) is 12.4 Å². The van der Waals surface area contributed by atoms with E-state index in [1.165, 1.54) is 257 Å². The lowest BCUT2D eigenvalue weighted by molar-refractivity contribution is 0.135. The molecule has 0 saturated carbocycles. The van der Waals surface area contributed by atoms with E-state index < -0.39 is 0 Å². The minimum absolute atomic E-state index is 0.638. The molecule has 48 heavy (non-hydrogen) atoms. The maximum Gasteiger partial charge on any atom is 0.101 e. The van der Waals surface area contributed by atoms with Crippen LogP contribution >= 0.6 is 0 Å². The first-order valence-electron chi connectivity index (χ1n) is 23.0. The molecule has 1 aliphatic heterocycles. The minimum atomic E-state index is 0.638. The van der Waals surface area contributed by atoms with E-state index in [1.807, 2.05) is 0 Å². The van der Waals surface area contributed by atoms with Crippen LogP contribution in [0.1, 0.15) is 265 Å². The Labute approximate surface area is 305 Å². The molecule has 0 aromatic heterocycles. The van der Waals surface area contributed by atoms with Crippen LogP contribution in [0.3, 0.4) is 0 Å². The first kappa shape index (κ1) is 45.4. The van der Waals surface area contributed by atoms with Crippen molar-refractivity contribution in [3.8, 4) is 0 Å². The van der Waals surface area contributed by atoms with E-state index in [1.54, 1.807) is 0 Å². The molecule has 2 heteroatoms. The molecule has 0 N–H and O–H groups in total. The van der Waals surface area contributed by atoms with E-state index in [-0.39, 0.29) is 0 Å². The van der Waals surface area contributed by atoms with Crippen LogP contribution in [-0.2, 0) is 0 Å². The van der Waals surface area contributed by atoms with Crippen molar-refractivity contribution in [2.75, 3.05) is 13.1 Å².